The number of rotatable bonds is 3. The minimum atomic E-state index is -0.0807. The molecule has 0 bridgehead atoms. The zero-order valence-corrected chi connectivity index (χ0v) is 14.8. The molecule has 0 aromatic carbocycles. The Hall–Kier alpha value is -1.69. The summed E-state index contributed by atoms with van der Waals surface area (Å²) in [7, 11) is 0. The van der Waals surface area contributed by atoms with Crippen LogP contribution in [0.4, 0.5) is 0 Å². The fraction of sp³-hybridized carbons (Fsp3) is 0.611. The number of hydrogen-bond acceptors (Lipinski definition) is 4. The van der Waals surface area contributed by atoms with E-state index >= 15 is 0 Å². The van der Waals surface area contributed by atoms with E-state index in [4.69, 9.17) is 0 Å². The van der Waals surface area contributed by atoms with Crippen LogP contribution in [0.15, 0.2) is 11.1 Å². The normalized spacial score (nSPS) is 21.1. The Morgan fingerprint density at radius 1 is 1.38 bits per heavy atom. The average molecular weight is 345 g/mol. The summed E-state index contributed by atoms with van der Waals surface area (Å²) in [5, 5.41) is 3.79. The van der Waals surface area contributed by atoms with Crippen LogP contribution in [0.5, 0.6) is 0 Å². The first-order valence-corrected chi connectivity index (χ1v) is 9.72. The maximum absolute atomic E-state index is 12.9. The predicted octanol–water partition coefficient (Wildman–Crippen LogP) is 2.64. The fourth-order valence-corrected chi connectivity index (χ4v) is 5.32. The summed E-state index contributed by atoms with van der Waals surface area (Å²) in [6.07, 6.45) is 9.10. The lowest BCUT2D eigenvalue weighted by atomic mass is 9.89. The van der Waals surface area contributed by atoms with Gasteiger partial charge in [-0.25, -0.2) is 4.98 Å². The topological polar surface area (TPSA) is 64.0 Å². The molecule has 1 unspecified atom stereocenters. The molecule has 2 aromatic rings. The summed E-state index contributed by atoms with van der Waals surface area (Å²) in [6, 6.07) is 0.278. The molecule has 128 valence electrons. The van der Waals surface area contributed by atoms with Crippen LogP contribution in [0, 0.1) is 5.92 Å². The first kappa shape index (κ1) is 15.8. The van der Waals surface area contributed by atoms with Crippen molar-refractivity contribution in [2.75, 3.05) is 0 Å². The molecule has 0 aliphatic heterocycles. The summed E-state index contributed by atoms with van der Waals surface area (Å²) >= 11 is 1.65. The van der Waals surface area contributed by atoms with Crippen molar-refractivity contribution in [2.45, 2.75) is 64.5 Å². The van der Waals surface area contributed by atoms with Gasteiger partial charge in [-0.15, -0.1) is 11.3 Å². The van der Waals surface area contributed by atoms with Crippen LogP contribution in [0.2, 0.25) is 0 Å². The van der Waals surface area contributed by atoms with Gasteiger partial charge in [0.05, 0.1) is 11.7 Å². The third-order valence-electron chi connectivity index (χ3n) is 5.32. The molecule has 1 atom stereocenters. The van der Waals surface area contributed by atoms with Crippen molar-refractivity contribution >= 4 is 27.5 Å². The molecule has 6 heteroatoms. The van der Waals surface area contributed by atoms with E-state index in [-0.39, 0.29) is 24.1 Å². The molecule has 1 fully saturated rings. The van der Waals surface area contributed by atoms with Crippen molar-refractivity contribution in [1.29, 1.82) is 0 Å². The minimum absolute atomic E-state index is 0.0615. The van der Waals surface area contributed by atoms with Gasteiger partial charge in [-0.05, 0) is 43.6 Å². The number of aryl methyl sites for hydroxylation is 1. The van der Waals surface area contributed by atoms with E-state index in [2.05, 4.69) is 17.2 Å². The molecular weight excluding hydrogens is 322 g/mol. The Kier molecular flexibility index (Phi) is 4.16. The largest absolute Gasteiger partial charge is 0.352 e. The summed E-state index contributed by atoms with van der Waals surface area (Å²) in [6.45, 7) is 2.33. The molecule has 2 aliphatic carbocycles. The van der Waals surface area contributed by atoms with Crippen molar-refractivity contribution in [2.24, 2.45) is 5.92 Å². The molecule has 0 spiro atoms. The van der Waals surface area contributed by atoms with E-state index in [0.717, 1.165) is 42.3 Å². The van der Waals surface area contributed by atoms with E-state index in [9.17, 15) is 9.59 Å². The molecule has 24 heavy (non-hydrogen) atoms. The number of carbonyl (C=O) groups is 1. The third kappa shape index (κ3) is 2.88. The monoisotopic (exact) mass is 345 g/mol. The molecule has 0 radical (unpaired) electrons. The molecule has 4 rings (SSSR count). The van der Waals surface area contributed by atoms with Gasteiger partial charge in [0.1, 0.15) is 11.4 Å². The van der Waals surface area contributed by atoms with Gasteiger partial charge in [0.2, 0.25) is 5.91 Å². The second kappa shape index (κ2) is 6.31. The van der Waals surface area contributed by atoms with Crippen molar-refractivity contribution in [1.82, 2.24) is 14.9 Å². The number of thiophene rings is 1. The maximum atomic E-state index is 12.9. The highest BCUT2D eigenvalue weighted by atomic mass is 32.1. The molecule has 2 heterocycles. The molecule has 5 nitrogen and oxygen atoms in total. The van der Waals surface area contributed by atoms with Gasteiger partial charge in [-0.1, -0.05) is 19.8 Å². The van der Waals surface area contributed by atoms with Crippen LogP contribution in [-0.4, -0.2) is 21.5 Å². The van der Waals surface area contributed by atoms with Crippen LogP contribution in [-0.2, 0) is 24.2 Å². The van der Waals surface area contributed by atoms with E-state index in [0.29, 0.717) is 5.92 Å². The maximum Gasteiger partial charge on any atom is 0.262 e. The van der Waals surface area contributed by atoms with Gasteiger partial charge in [-0.2, -0.15) is 0 Å². The number of nitrogens with one attached hydrogen (secondary N) is 1. The van der Waals surface area contributed by atoms with Crippen molar-refractivity contribution in [3.05, 3.63) is 27.1 Å². The summed E-state index contributed by atoms with van der Waals surface area (Å²) < 4.78 is 1.47. The van der Waals surface area contributed by atoms with Gasteiger partial charge in [0.15, 0.2) is 0 Å². The summed E-state index contributed by atoms with van der Waals surface area (Å²) in [5.41, 5.74) is 1.12. The van der Waals surface area contributed by atoms with Crippen LogP contribution in [0.3, 0.4) is 0 Å². The fourth-order valence-electron chi connectivity index (χ4n) is 3.98. The van der Waals surface area contributed by atoms with Crippen LogP contribution < -0.4 is 10.9 Å². The molecule has 1 amide bonds. The lowest BCUT2D eigenvalue weighted by Crippen LogP contribution is -2.37. The molecule has 1 N–H and O–H groups in total. The molecule has 0 saturated heterocycles. The Morgan fingerprint density at radius 3 is 2.96 bits per heavy atom. The zero-order valence-electron chi connectivity index (χ0n) is 14.0. The van der Waals surface area contributed by atoms with E-state index < -0.39 is 0 Å². The van der Waals surface area contributed by atoms with Crippen molar-refractivity contribution < 1.29 is 4.79 Å². The first-order chi connectivity index (χ1) is 11.6. The lowest BCUT2D eigenvalue weighted by molar-refractivity contribution is -0.122. The number of carbonyl (C=O) groups excluding carboxylic acids is 1. The number of nitrogens with zero attached hydrogens (tertiary/aromatic N) is 2. The Balaban J connectivity index is 1.61. The summed E-state index contributed by atoms with van der Waals surface area (Å²) in [4.78, 5) is 31.7. The second-order valence-electron chi connectivity index (χ2n) is 7.26. The van der Waals surface area contributed by atoms with E-state index in [1.54, 1.807) is 11.3 Å². The highest BCUT2D eigenvalue weighted by Crippen LogP contribution is 2.35. The van der Waals surface area contributed by atoms with Gasteiger partial charge >= 0.3 is 0 Å². The molecule has 2 aromatic heterocycles. The van der Waals surface area contributed by atoms with Crippen molar-refractivity contribution in [3.8, 4) is 0 Å². The quantitative estimate of drug-likeness (QED) is 0.930. The molecule has 2 aliphatic rings. The number of hydrogen-bond donors (Lipinski definition) is 1. The predicted molar refractivity (Wildman–Crippen MR) is 95.5 cm³/mol. The zero-order chi connectivity index (χ0) is 16.7. The molecular formula is C18H23N3O2S. The smallest absolute Gasteiger partial charge is 0.262 e. The van der Waals surface area contributed by atoms with Gasteiger partial charge in [0.25, 0.3) is 5.56 Å². The average Bonchev–Trinajstić information content (AvgIpc) is 3.16. The standard InChI is InChI=1S/C18H23N3O2S/c1-11-6-7-13-14(8-11)24-17-16(13)18(23)21(10-19-17)9-15(22)20-12-4-2-3-5-12/h10-12H,2-9H2,1H3,(H,20,22). The van der Waals surface area contributed by atoms with Crippen LogP contribution in [0.25, 0.3) is 10.2 Å². The van der Waals surface area contributed by atoms with Crippen LogP contribution in [0.1, 0.15) is 49.5 Å². The Morgan fingerprint density at radius 2 is 2.17 bits per heavy atom. The lowest BCUT2D eigenvalue weighted by Gasteiger charge is -2.17. The summed E-state index contributed by atoms with van der Waals surface area (Å²) in [5.74, 6) is 0.591. The molecule has 1 saturated carbocycles. The minimum Gasteiger partial charge on any atom is -0.352 e. The number of fused-ring (bicyclic) bond motifs is 3. The Labute approximate surface area is 145 Å². The second-order valence-corrected chi connectivity index (χ2v) is 8.34. The number of aromatic nitrogens is 2. The van der Waals surface area contributed by atoms with Gasteiger partial charge in [-0.3, -0.25) is 14.2 Å². The van der Waals surface area contributed by atoms with Crippen LogP contribution >= 0.6 is 11.3 Å². The Bertz CT molecular complexity index is 833. The number of amides is 1. The highest BCUT2D eigenvalue weighted by molar-refractivity contribution is 7.18. The van der Waals surface area contributed by atoms with E-state index in [1.807, 2.05) is 0 Å². The third-order valence-corrected chi connectivity index (χ3v) is 6.48. The van der Waals surface area contributed by atoms with Crippen molar-refractivity contribution in [3.63, 3.8) is 0 Å². The van der Waals surface area contributed by atoms with E-state index in [1.165, 1.54) is 34.2 Å². The SMILES string of the molecule is CC1CCc2c(sc3ncn(CC(=O)NC4CCCC4)c(=O)c23)C1. The van der Waals surface area contributed by atoms with Gasteiger partial charge in [0, 0.05) is 10.9 Å². The highest BCUT2D eigenvalue weighted by Gasteiger charge is 2.24. The van der Waals surface area contributed by atoms with Gasteiger partial charge < -0.3 is 5.32 Å². The first-order valence-electron chi connectivity index (χ1n) is 8.91.